The highest BCUT2D eigenvalue weighted by atomic mass is 19.1. The Hall–Kier alpha value is -4.80. The number of hydrogen-bond acceptors (Lipinski definition) is 8. The maximum Gasteiger partial charge on any atom is 0.355 e. The number of pyridine rings is 1. The molecule has 1 saturated carbocycles. The van der Waals surface area contributed by atoms with E-state index in [2.05, 4.69) is 15.3 Å². The van der Waals surface area contributed by atoms with Crippen molar-refractivity contribution in [3.8, 4) is 11.6 Å². The fourth-order valence-corrected chi connectivity index (χ4v) is 4.27. The van der Waals surface area contributed by atoms with Gasteiger partial charge in [0.1, 0.15) is 5.75 Å². The van der Waals surface area contributed by atoms with Gasteiger partial charge in [0, 0.05) is 11.9 Å². The lowest BCUT2D eigenvalue weighted by atomic mass is 10.1. The van der Waals surface area contributed by atoms with Crippen molar-refractivity contribution < 1.29 is 18.7 Å². The number of aryl methyl sites for hydroxylation is 1. The number of anilines is 2. The van der Waals surface area contributed by atoms with Gasteiger partial charge in [-0.1, -0.05) is 29.8 Å². The number of nitrogens with zero attached hydrogens (tertiary/aromatic N) is 4. The maximum absolute atomic E-state index is 13.9. The minimum absolute atomic E-state index is 0.0418. The number of benzene rings is 2. The Morgan fingerprint density at radius 2 is 1.79 bits per heavy atom. The zero-order valence-electron chi connectivity index (χ0n) is 21.4. The summed E-state index contributed by atoms with van der Waals surface area (Å²) in [5, 5.41) is 3.04. The van der Waals surface area contributed by atoms with Crippen LogP contribution in [0.4, 0.5) is 16.0 Å². The minimum Gasteiger partial charge on any atom is -0.469 e. The fourth-order valence-electron chi connectivity index (χ4n) is 4.27. The number of rotatable bonds is 9. The number of ether oxygens (including phenoxy) is 2. The monoisotopic (exact) mass is 531 g/mol. The molecule has 200 valence electrons. The predicted molar refractivity (Wildman–Crippen MR) is 141 cm³/mol. The van der Waals surface area contributed by atoms with Gasteiger partial charge in [-0.15, -0.1) is 0 Å². The van der Waals surface area contributed by atoms with Crippen LogP contribution in [0.1, 0.15) is 30.4 Å². The van der Waals surface area contributed by atoms with Crippen molar-refractivity contribution in [3.63, 3.8) is 0 Å². The van der Waals surface area contributed by atoms with E-state index in [1.165, 1.54) is 30.0 Å². The first kappa shape index (κ1) is 25.8. The molecule has 1 aliphatic rings. The van der Waals surface area contributed by atoms with E-state index in [1.54, 1.807) is 24.3 Å². The average Bonchev–Trinajstić information content (AvgIpc) is 3.69. The summed E-state index contributed by atoms with van der Waals surface area (Å²) in [7, 11) is 1.27. The van der Waals surface area contributed by atoms with E-state index in [9.17, 15) is 18.8 Å². The highest BCUT2D eigenvalue weighted by molar-refractivity contribution is 5.71. The van der Waals surface area contributed by atoms with Crippen molar-refractivity contribution in [2.45, 2.75) is 38.3 Å². The summed E-state index contributed by atoms with van der Waals surface area (Å²) in [6, 6.07) is 16.8. The van der Waals surface area contributed by atoms with Gasteiger partial charge in [-0.05, 0) is 61.7 Å². The van der Waals surface area contributed by atoms with Crippen LogP contribution in [-0.2, 0) is 21.6 Å². The number of aromatic nitrogens is 4. The molecule has 2 aromatic heterocycles. The number of methoxy groups -OCH3 is 1. The number of hydrogen-bond donors (Lipinski definition) is 1. The Kier molecular flexibility index (Phi) is 6.97. The van der Waals surface area contributed by atoms with Crippen LogP contribution in [0.3, 0.4) is 0 Å². The summed E-state index contributed by atoms with van der Waals surface area (Å²) in [6.07, 6.45) is 2.32. The predicted octanol–water partition coefficient (Wildman–Crippen LogP) is 3.88. The van der Waals surface area contributed by atoms with Gasteiger partial charge < -0.3 is 14.8 Å². The Bertz CT molecular complexity index is 1630. The Morgan fingerprint density at radius 1 is 1.08 bits per heavy atom. The summed E-state index contributed by atoms with van der Waals surface area (Å²) < 4.78 is 26.6. The van der Waals surface area contributed by atoms with Crippen LogP contribution in [-0.4, -0.2) is 32.2 Å². The molecule has 0 amide bonds. The molecule has 5 rings (SSSR count). The first-order chi connectivity index (χ1) is 18.8. The van der Waals surface area contributed by atoms with Gasteiger partial charge in [0.2, 0.25) is 5.95 Å². The molecular formula is C28H26FN5O5. The van der Waals surface area contributed by atoms with Crippen molar-refractivity contribution in [2.24, 2.45) is 0 Å². The molecule has 0 atom stereocenters. The topological polar surface area (TPSA) is 117 Å². The second-order valence-electron chi connectivity index (χ2n) is 9.43. The molecule has 1 fully saturated rings. The van der Waals surface area contributed by atoms with Gasteiger partial charge >= 0.3 is 17.3 Å². The minimum atomic E-state index is -0.943. The highest BCUT2D eigenvalue weighted by Crippen LogP contribution is 2.45. The van der Waals surface area contributed by atoms with Crippen molar-refractivity contribution in [2.75, 3.05) is 12.4 Å². The van der Waals surface area contributed by atoms with Gasteiger partial charge in [-0.3, -0.25) is 9.36 Å². The molecule has 2 aromatic carbocycles. The average molecular weight is 532 g/mol. The molecule has 1 aliphatic carbocycles. The van der Waals surface area contributed by atoms with Crippen molar-refractivity contribution >= 4 is 17.6 Å². The first-order valence-corrected chi connectivity index (χ1v) is 12.3. The van der Waals surface area contributed by atoms with Gasteiger partial charge in [-0.2, -0.15) is 4.98 Å². The van der Waals surface area contributed by atoms with E-state index < -0.39 is 28.7 Å². The van der Waals surface area contributed by atoms with Gasteiger partial charge in [-0.25, -0.2) is 23.5 Å². The third kappa shape index (κ3) is 5.57. The quantitative estimate of drug-likeness (QED) is 0.324. The lowest BCUT2D eigenvalue weighted by Crippen LogP contribution is -2.48. The Morgan fingerprint density at radius 3 is 2.44 bits per heavy atom. The van der Waals surface area contributed by atoms with Crippen LogP contribution in [0.15, 0.2) is 76.4 Å². The van der Waals surface area contributed by atoms with Crippen molar-refractivity contribution in [3.05, 3.63) is 105 Å². The van der Waals surface area contributed by atoms with E-state index in [1.807, 2.05) is 31.2 Å². The van der Waals surface area contributed by atoms with Crippen molar-refractivity contribution in [1.29, 1.82) is 0 Å². The SMILES string of the molecule is COC(=O)CC1(n2c(=O)nc(Nc3ccc(Oc4ncccc4F)cc3)n(Cc3ccc(C)cc3)c2=O)CC1. The van der Waals surface area contributed by atoms with Gasteiger partial charge in [0.25, 0.3) is 5.88 Å². The highest BCUT2D eigenvalue weighted by Gasteiger charge is 2.49. The molecular weight excluding hydrogens is 505 g/mol. The molecule has 10 nitrogen and oxygen atoms in total. The smallest absolute Gasteiger partial charge is 0.355 e. The number of esters is 1. The molecule has 1 N–H and O–H groups in total. The molecule has 2 heterocycles. The third-order valence-electron chi connectivity index (χ3n) is 6.58. The lowest BCUT2D eigenvalue weighted by Gasteiger charge is -2.20. The largest absolute Gasteiger partial charge is 0.469 e. The molecule has 0 bridgehead atoms. The Balaban J connectivity index is 1.49. The van der Waals surface area contributed by atoms with Crippen LogP contribution in [0, 0.1) is 12.7 Å². The molecule has 0 radical (unpaired) electrons. The summed E-state index contributed by atoms with van der Waals surface area (Å²) in [4.78, 5) is 47.0. The zero-order chi connectivity index (χ0) is 27.6. The summed E-state index contributed by atoms with van der Waals surface area (Å²) >= 11 is 0. The van der Waals surface area contributed by atoms with Gasteiger partial charge in [0.05, 0.1) is 25.6 Å². The number of halogens is 1. The zero-order valence-corrected chi connectivity index (χ0v) is 21.4. The Labute approximate surface area is 222 Å². The van der Waals surface area contributed by atoms with E-state index in [-0.39, 0.29) is 24.8 Å². The maximum atomic E-state index is 13.9. The van der Waals surface area contributed by atoms with Crippen LogP contribution >= 0.6 is 0 Å². The van der Waals surface area contributed by atoms with E-state index in [0.717, 1.165) is 15.7 Å². The van der Waals surface area contributed by atoms with E-state index in [0.29, 0.717) is 24.3 Å². The number of nitrogens with one attached hydrogen (secondary N) is 1. The van der Waals surface area contributed by atoms with E-state index in [4.69, 9.17) is 9.47 Å². The van der Waals surface area contributed by atoms with Crippen LogP contribution < -0.4 is 21.4 Å². The van der Waals surface area contributed by atoms with Crippen LogP contribution in [0.25, 0.3) is 0 Å². The lowest BCUT2D eigenvalue weighted by molar-refractivity contribution is -0.141. The second-order valence-corrected chi connectivity index (χ2v) is 9.43. The molecule has 0 unspecified atom stereocenters. The van der Waals surface area contributed by atoms with Crippen molar-refractivity contribution in [1.82, 2.24) is 19.1 Å². The summed E-state index contributed by atoms with van der Waals surface area (Å²) in [6.45, 7) is 2.10. The van der Waals surface area contributed by atoms with Crippen LogP contribution in [0.2, 0.25) is 0 Å². The second kappa shape index (κ2) is 10.5. The molecule has 0 aliphatic heterocycles. The molecule has 4 aromatic rings. The summed E-state index contributed by atoms with van der Waals surface area (Å²) in [5.74, 6) is -0.863. The molecule has 39 heavy (non-hydrogen) atoms. The summed E-state index contributed by atoms with van der Waals surface area (Å²) in [5.41, 5.74) is 0.134. The molecule has 11 heteroatoms. The molecule has 0 spiro atoms. The fraction of sp³-hybridized carbons (Fsp3) is 0.250. The normalized spacial score (nSPS) is 13.5. The van der Waals surface area contributed by atoms with Gasteiger partial charge in [0.15, 0.2) is 5.82 Å². The first-order valence-electron chi connectivity index (χ1n) is 12.3. The number of carbonyl (C=O) groups is 1. The standard InChI is InChI=1S/C28H26FN5O5/c1-18-5-7-19(8-6-18)17-33-25(32-26(36)34(27(33)37)28(13-14-28)16-23(35)38-2)31-20-9-11-21(12-10-20)39-24-22(29)4-3-15-30-24/h3-12,15H,13-14,16-17H2,1-2H3,(H,31,32,36). The molecule has 0 saturated heterocycles. The van der Waals surface area contributed by atoms with E-state index >= 15 is 0 Å². The van der Waals surface area contributed by atoms with Crippen LogP contribution in [0.5, 0.6) is 11.6 Å². The number of carbonyl (C=O) groups excluding carboxylic acids is 1. The third-order valence-corrected chi connectivity index (χ3v) is 6.58.